The van der Waals surface area contributed by atoms with E-state index < -0.39 is 12.1 Å². The molecule has 0 spiro atoms. The van der Waals surface area contributed by atoms with Crippen molar-refractivity contribution in [1.29, 1.82) is 0 Å². The van der Waals surface area contributed by atoms with Crippen molar-refractivity contribution in [2.24, 2.45) is 5.92 Å². The Morgan fingerprint density at radius 3 is 2.69 bits per heavy atom. The third-order valence-corrected chi connectivity index (χ3v) is 5.27. The number of fused-ring (bicyclic) bond motifs is 1. The number of hydrogen-bond acceptors (Lipinski definition) is 4. The van der Waals surface area contributed by atoms with Crippen LogP contribution in [0.3, 0.4) is 0 Å². The molecule has 7 heteroatoms. The van der Waals surface area contributed by atoms with Crippen LogP contribution >= 0.6 is 0 Å². The zero-order valence-corrected chi connectivity index (χ0v) is 15.4. The maximum absolute atomic E-state index is 12.8. The maximum Gasteiger partial charge on any atom is 0.344 e. The van der Waals surface area contributed by atoms with Gasteiger partial charge in [-0.15, -0.1) is 5.10 Å². The predicted octanol–water partition coefficient (Wildman–Crippen LogP) is 2.85. The van der Waals surface area contributed by atoms with Crippen molar-refractivity contribution in [3.63, 3.8) is 0 Å². The number of amides is 2. The van der Waals surface area contributed by atoms with Crippen molar-refractivity contribution in [1.82, 2.24) is 25.6 Å². The van der Waals surface area contributed by atoms with Gasteiger partial charge in [-0.25, -0.2) is 4.79 Å². The Balaban J connectivity index is 1.73. The minimum atomic E-state index is -0.586. The highest BCUT2D eigenvalue weighted by atomic mass is 16.2. The van der Waals surface area contributed by atoms with Crippen LogP contribution in [0.25, 0.3) is 11.0 Å². The summed E-state index contributed by atoms with van der Waals surface area (Å²) in [6.45, 7) is 3.99. The molecule has 0 aliphatic heterocycles. The minimum Gasteiger partial charge on any atom is -0.352 e. The summed E-state index contributed by atoms with van der Waals surface area (Å²) >= 11 is 0. The molecule has 0 radical (unpaired) electrons. The number of benzene rings is 1. The Kier molecular flexibility index (Phi) is 5.85. The number of para-hydroxylation sites is 1. The number of nitrogens with zero attached hydrogens (tertiary/aromatic N) is 3. The molecular formula is C19H27N5O2. The summed E-state index contributed by atoms with van der Waals surface area (Å²) in [5.41, 5.74) is 1.27. The van der Waals surface area contributed by atoms with Gasteiger partial charge in [0.25, 0.3) is 0 Å². The third-order valence-electron chi connectivity index (χ3n) is 5.27. The molecule has 2 atom stereocenters. The molecule has 0 bridgehead atoms. The van der Waals surface area contributed by atoms with Crippen LogP contribution in [-0.4, -0.2) is 39.0 Å². The lowest BCUT2D eigenvalue weighted by Crippen LogP contribution is -2.53. The molecule has 1 aliphatic rings. The maximum atomic E-state index is 12.8. The van der Waals surface area contributed by atoms with Crippen LogP contribution in [0.4, 0.5) is 4.79 Å². The zero-order chi connectivity index (χ0) is 18.5. The van der Waals surface area contributed by atoms with E-state index in [1.54, 1.807) is 12.1 Å². The van der Waals surface area contributed by atoms with Crippen LogP contribution in [0.1, 0.15) is 52.4 Å². The normalized spacial score (nSPS) is 17.6. The molecule has 26 heavy (non-hydrogen) atoms. The van der Waals surface area contributed by atoms with E-state index in [0.29, 0.717) is 11.0 Å². The van der Waals surface area contributed by atoms with Gasteiger partial charge in [0.05, 0.1) is 5.52 Å². The van der Waals surface area contributed by atoms with Gasteiger partial charge in [0.1, 0.15) is 11.6 Å². The topological polar surface area (TPSA) is 88.9 Å². The number of carbonyl (C=O) groups is 2. The lowest BCUT2D eigenvalue weighted by Gasteiger charge is -2.28. The summed E-state index contributed by atoms with van der Waals surface area (Å²) in [6, 6.07) is 6.46. The average Bonchev–Trinajstić information content (AvgIpc) is 3.10. The van der Waals surface area contributed by atoms with Crippen LogP contribution in [0, 0.1) is 5.92 Å². The van der Waals surface area contributed by atoms with Gasteiger partial charge in [-0.2, -0.15) is 4.68 Å². The quantitative estimate of drug-likeness (QED) is 0.861. The third kappa shape index (κ3) is 4.03. The van der Waals surface area contributed by atoms with Gasteiger partial charge in [0.2, 0.25) is 5.91 Å². The fraction of sp³-hybridized carbons (Fsp3) is 0.579. The second-order valence-electron chi connectivity index (χ2n) is 7.15. The summed E-state index contributed by atoms with van der Waals surface area (Å²) < 4.78 is 1.22. The first kappa shape index (κ1) is 18.4. The van der Waals surface area contributed by atoms with Gasteiger partial charge in [0.15, 0.2) is 0 Å². The van der Waals surface area contributed by atoms with E-state index >= 15 is 0 Å². The molecule has 1 saturated carbocycles. The van der Waals surface area contributed by atoms with E-state index in [1.165, 1.54) is 11.1 Å². The van der Waals surface area contributed by atoms with Crippen molar-refractivity contribution in [2.75, 3.05) is 0 Å². The molecule has 140 valence electrons. The van der Waals surface area contributed by atoms with Gasteiger partial charge in [-0.05, 0) is 30.9 Å². The van der Waals surface area contributed by atoms with Crippen LogP contribution in [0.5, 0.6) is 0 Å². The molecule has 7 nitrogen and oxygen atoms in total. The number of rotatable bonds is 5. The second kappa shape index (κ2) is 8.29. The fourth-order valence-electron chi connectivity index (χ4n) is 3.45. The highest BCUT2D eigenvalue weighted by Gasteiger charge is 2.29. The molecule has 3 rings (SSSR count). The van der Waals surface area contributed by atoms with Crippen molar-refractivity contribution in [2.45, 2.75) is 64.5 Å². The summed E-state index contributed by atoms with van der Waals surface area (Å²) in [4.78, 5) is 25.5. The highest BCUT2D eigenvalue weighted by Crippen LogP contribution is 2.18. The number of aromatic nitrogens is 3. The van der Waals surface area contributed by atoms with Crippen LogP contribution in [0.15, 0.2) is 24.3 Å². The average molecular weight is 357 g/mol. The molecule has 1 fully saturated rings. The molecule has 2 N–H and O–H groups in total. The Morgan fingerprint density at radius 1 is 1.23 bits per heavy atom. The largest absolute Gasteiger partial charge is 0.352 e. The minimum absolute atomic E-state index is 0.0253. The Morgan fingerprint density at radius 2 is 1.96 bits per heavy atom. The van der Waals surface area contributed by atoms with Crippen LogP contribution < -0.4 is 10.6 Å². The smallest absolute Gasteiger partial charge is 0.344 e. The first-order valence-corrected chi connectivity index (χ1v) is 9.51. The van der Waals surface area contributed by atoms with Crippen molar-refractivity contribution < 1.29 is 9.59 Å². The molecule has 1 aromatic heterocycles. The highest BCUT2D eigenvalue weighted by molar-refractivity contribution is 5.91. The first-order chi connectivity index (χ1) is 12.6. The van der Waals surface area contributed by atoms with Crippen molar-refractivity contribution >= 4 is 23.0 Å². The first-order valence-electron chi connectivity index (χ1n) is 9.51. The lowest BCUT2D eigenvalue weighted by molar-refractivity contribution is -0.125. The number of hydrogen-bond donors (Lipinski definition) is 2. The molecular weight excluding hydrogens is 330 g/mol. The van der Waals surface area contributed by atoms with Crippen molar-refractivity contribution in [3.8, 4) is 0 Å². The summed E-state index contributed by atoms with van der Waals surface area (Å²) in [5, 5.41) is 13.9. The van der Waals surface area contributed by atoms with Crippen molar-refractivity contribution in [3.05, 3.63) is 24.3 Å². The van der Waals surface area contributed by atoms with Gasteiger partial charge in [-0.1, -0.05) is 56.9 Å². The van der Waals surface area contributed by atoms with E-state index in [1.807, 2.05) is 26.0 Å². The van der Waals surface area contributed by atoms with Gasteiger partial charge in [0, 0.05) is 6.04 Å². The SMILES string of the molecule is CCC(C)C(NC(=O)n1nnc2ccccc21)C(=O)NC1CCCCC1. The van der Waals surface area contributed by atoms with E-state index in [2.05, 4.69) is 20.9 Å². The molecule has 2 amide bonds. The standard InChI is InChI=1S/C19H27N5O2/c1-3-13(2)17(18(25)20-14-9-5-4-6-10-14)21-19(26)24-16-12-8-7-11-15(16)22-23-24/h7-8,11-14,17H,3-6,9-10H2,1-2H3,(H,20,25)(H,21,26). The van der Waals surface area contributed by atoms with Gasteiger partial charge in [-0.3, -0.25) is 4.79 Å². The Labute approximate surface area is 153 Å². The molecule has 1 aromatic carbocycles. The Bertz CT molecular complexity index is 766. The summed E-state index contributed by atoms with van der Waals surface area (Å²) in [6.07, 6.45) is 6.35. The van der Waals surface area contributed by atoms with Gasteiger partial charge >= 0.3 is 6.03 Å². The van der Waals surface area contributed by atoms with E-state index in [4.69, 9.17) is 0 Å². The van der Waals surface area contributed by atoms with E-state index in [-0.39, 0.29) is 17.9 Å². The lowest BCUT2D eigenvalue weighted by atomic mass is 9.93. The molecule has 0 saturated heterocycles. The second-order valence-corrected chi connectivity index (χ2v) is 7.15. The van der Waals surface area contributed by atoms with Crippen LogP contribution in [-0.2, 0) is 4.79 Å². The van der Waals surface area contributed by atoms with Crippen LogP contribution in [0.2, 0.25) is 0 Å². The van der Waals surface area contributed by atoms with E-state index in [9.17, 15) is 9.59 Å². The molecule has 2 unspecified atom stereocenters. The fourth-order valence-corrected chi connectivity index (χ4v) is 3.45. The summed E-state index contributed by atoms with van der Waals surface area (Å²) in [5.74, 6) is -0.0821. The molecule has 1 heterocycles. The molecule has 2 aromatic rings. The monoisotopic (exact) mass is 357 g/mol. The van der Waals surface area contributed by atoms with Gasteiger partial charge < -0.3 is 10.6 Å². The molecule has 1 aliphatic carbocycles. The predicted molar refractivity (Wildman–Crippen MR) is 99.7 cm³/mol. The zero-order valence-electron chi connectivity index (χ0n) is 15.4. The van der Waals surface area contributed by atoms with E-state index in [0.717, 1.165) is 32.1 Å². The number of carbonyl (C=O) groups excluding carboxylic acids is 2. The number of nitrogens with one attached hydrogen (secondary N) is 2. The summed E-state index contributed by atoms with van der Waals surface area (Å²) in [7, 11) is 0. The Hall–Kier alpha value is -2.44.